The maximum Gasteiger partial charge on any atom is 0.185 e. The lowest BCUT2D eigenvalue weighted by Crippen LogP contribution is -2.13. The normalized spacial score (nSPS) is 11.0. The van der Waals surface area contributed by atoms with Crippen LogP contribution < -0.4 is 0 Å². The minimum Gasteiger partial charge on any atom is -0.292 e. The van der Waals surface area contributed by atoms with Crippen molar-refractivity contribution in [1.82, 2.24) is 9.97 Å². The summed E-state index contributed by atoms with van der Waals surface area (Å²) in [7, 11) is 0. The number of hydrogen-bond donors (Lipinski definition) is 0. The summed E-state index contributed by atoms with van der Waals surface area (Å²) >= 11 is 3.65. The van der Waals surface area contributed by atoms with Crippen LogP contribution in [0.1, 0.15) is 49.6 Å². The van der Waals surface area contributed by atoms with E-state index in [2.05, 4.69) is 23.8 Å². The molecule has 106 valence electrons. The molecule has 0 aliphatic heterocycles. The van der Waals surface area contributed by atoms with Gasteiger partial charge in [-0.1, -0.05) is 27.7 Å². The Morgan fingerprint density at radius 1 is 1.16 bits per heavy atom. The summed E-state index contributed by atoms with van der Waals surface area (Å²) in [5.41, 5.74) is 2.50. The Labute approximate surface area is 124 Å². The van der Waals surface area contributed by atoms with Crippen LogP contribution in [0.15, 0.2) is 6.20 Å². The molecule has 3 nitrogen and oxygen atoms in total. The first kappa shape index (κ1) is 16.5. The van der Waals surface area contributed by atoms with Gasteiger partial charge in [-0.05, 0) is 11.5 Å². The Kier molecular flexibility index (Phi) is 7.46. The zero-order chi connectivity index (χ0) is 14.3. The first-order valence-electron chi connectivity index (χ1n) is 6.64. The number of carbonyl (C=O) groups excluding carboxylic acids is 1. The van der Waals surface area contributed by atoms with Gasteiger partial charge in [0, 0.05) is 17.4 Å². The van der Waals surface area contributed by atoms with Gasteiger partial charge < -0.3 is 0 Å². The molecular weight excluding hydrogens is 276 g/mol. The van der Waals surface area contributed by atoms with Crippen molar-refractivity contribution < 1.29 is 4.79 Å². The van der Waals surface area contributed by atoms with E-state index in [1.54, 1.807) is 6.20 Å². The third-order valence-corrected chi connectivity index (χ3v) is 4.37. The van der Waals surface area contributed by atoms with Crippen LogP contribution in [0, 0.1) is 5.92 Å². The molecule has 0 saturated heterocycles. The number of aromatic nitrogens is 2. The lowest BCUT2D eigenvalue weighted by molar-refractivity contribution is 0.0933. The predicted octanol–water partition coefficient (Wildman–Crippen LogP) is 3.82. The summed E-state index contributed by atoms with van der Waals surface area (Å²) in [6.45, 7) is 8.05. The molecule has 5 heteroatoms. The number of nitrogens with zero attached hydrogens (tertiary/aromatic N) is 2. The fourth-order valence-corrected chi connectivity index (χ4v) is 2.77. The van der Waals surface area contributed by atoms with Crippen molar-refractivity contribution in [3.8, 4) is 0 Å². The van der Waals surface area contributed by atoms with Gasteiger partial charge in [0.1, 0.15) is 5.69 Å². The Morgan fingerprint density at radius 3 is 2.26 bits per heavy atom. The van der Waals surface area contributed by atoms with Gasteiger partial charge in [-0.2, -0.15) is 23.5 Å². The van der Waals surface area contributed by atoms with E-state index in [4.69, 9.17) is 0 Å². The van der Waals surface area contributed by atoms with Gasteiger partial charge in [0.25, 0.3) is 0 Å². The van der Waals surface area contributed by atoms with Gasteiger partial charge in [-0.15, -0.1) is 0 Å². The lowest BCUT2D eigenvalue weighted by Gasteiger charge is -2.10. The molecule has 0 fully saturated rings. The van der Waals surface area contributed by atoms with E-state index in [1.165, 1.54) is 0 Å². The smallest absolute Gasteiger partial charge is 0.185 e. The van der Waals surface area contributed by atoms with Crippen LogP contribution in [0.5, 0.6) is 0 Å². The number of rotatable bonds is 8. The molecule has 0 atom stereocenters. The third kappa shape index (κ3) is 5.15. The minimum atomic E-state index is -0.0307. The Bertz CT molecular complexity index is 422. The van der Waals surface area contributed by atoms with Gasteiger partial charge in [0.15, 0.2) is 5.78 Å². The molecule has 1 heterocycles. The monoisotopic (exact) mass is 298 g/mol. The molecule has 0 radical (unpaired) electrons. The number of ketones is 1. The number of Topliss-reactive ketones (excluding diaryl/α,β-unsaturated/α-hetero) is 1. The van der Waals surface area contributed by atoms with E-state index in [0.717, 1.165) is 34.4 Å². The van der Waals surface area contributed by atoms with Crippen molar-refractivity contribution in [2.45, 2.75) is 39.2 Å². The molecule has 1 aromatic rings. The van der Waals surface area contributed by atoms with Gasteiger partial charge in [-0.3, -0.25) is 9.78 Å². The first-order valence-corrected chi connectivity index (χ1v) is 8.95. The average molecular weight is 298 g/mol. The topological polar surface area (TPSA) is 42.9 Å². The third-order valence-electron chi connectivity index (χ3n) is 2.59. The van der Waals surface area contributed by atoms with Crippen molar-refractivity contribution in [2.75, 3.05) is 11.5 Å². The van der Waals surface area contributed by atoms with E-state index >= 15 is 0 Å². The zero-order valence-corrected chi connectivity index (χ0v) is 13.7. The molecule has 0 unspecified atom stereocenters. The highest BCUT2D eigenvalue weighted by Crippen LogP contribution is 2.19. The van der Waals surface area contributed by atoms with Crippen molar-refractivity contribution in [1.29, 1.82) is 0 Å². The van der Waals surface area contributed by atoms with Gasteiger partial charge in [0.05, 0.1) is 17.6 Å². The van der Waals surface area contributed by atoms with Crippen LogP contribution in [0.3, 0.4) is 0 Å². The van der Waals surface area contributed by atoms with Crippen LogP contribution in [0.4, 0.5) is 0 Å². The summed E-state index contributed by atoms with van der Waals surface area (Å²) in [5, 5.41) is 0. The number of thioether (sulfide) groups is 2. The number of hydrogen-bond acceptors (Lipinski definition) is 5. The molecule has 0 spiro atoms. The van der Waals surface area contributed by atoms with Crippen LogP contribution in [0.2, 0.25) is 0 Å². The van der Waals surface area contributed by atoms with Crippen LogP contribution in [-0.4, -0.2) is 27.3 Å². The summed E-state index contributed by atoms with van der Waals surface area (Å²) in [6.07, 6.45) is 1.63. The quantitative estimate of drug-likeness (QED) is 0.683. The molecule has 19 heavy (non-hydrogen) atoms. The van der Waals surface area contributed by atoms with Gasteiger partial charge in [0.2, 0.25) is 0 Å². The summed E-state index contributed by atoms with van der Waals surface area (Å²) < 4.78 is 0. The second-order valence-corrected chi connectivity index (χ2v) is 6.99. The van der Waals surface area contributed by atoms with Crippen molar-refractivity contribution in [2.24, 2.45) is 5.92 Å². The zero-order valence-electron chi connectivity index (χ0n) is 12.1. The van der Waals surface area contributed by atoms with E-state index in [-0.39, 0.29) is 11.7 Å². The minimum absolute atomic E-state index is 0.0307. The molecule has 0 aromatic carbocycles. The molecule has 0 saturated carbocycles. The standard InChI is InChI=1S/C14H22N2OS2/c1-5-18-8-12-13(9-19-6-2)16-11(7-15-12)14(17)10(3)4/h7,10H,5-6,8-9H2,1-4H3. The van der Waals surface area contributed by atoms with Crippen molar-refractivity contribution in [3.63, 3.8) is 0 Å². The highest BCUT2D eigenvalue weighted by Gasteiger charge is 2.15. The SMILES string of the molecule is CCSCc1ncc(C(=O)C(C)C)nc1CSCC. The Balaban J connectivity index is 2.96. The number of carbonyl (C=O) groups is 1. The summed E-state index contributed by atoms with van der Waals surface area (Å²) in [6, 6.07) is 0. The Hall–Kier alpha value is -0.550. The maximum atomic E-state index is 12.0. The summed E-state index contributed by atoms with van der Waals surface area (Å²) in [4.78, 5) is 21.0. The lowest BCUT2D eigenvalue weighted by atomic mass is 10.1. The predicted molar refractivity (Wildman–Crippen MR) is 84.9 cm³/mol. The fraction of sp³-hybridized carbons (Fsp3) is 0.643. The van der Waals surface area contributed by atoms with E-state index in [0.29, 0.717) is 5.69 Å². The van der Waals surface area contributed by atoms with Crippen molar-refractivity contribution in [3.05, 3.63) is 23.3 Å². The molecule has 0 bridgehead atoms. The molecule has 1 rings (SSSR count). The maximum absolute atomic E-state index is 12.0. The molecule has 0 N–H and O–H groups in total. The average Bonchev–Trinajstić information content (AvgIpc) is 2.42. The van der Waals surface area contributed by atoms with Crippen LogP contribution in [-0.2, 0) is 11.5 Å². The first-order chi connectivity index (χ1) is 9.10. The molecular formula is C14H22N2OS2. The van der Waals surface area contributed by atoms with E-state index in [9.17, 15) is 4.79 Å². The highest BCUT2D eigenvalue weighted by atomic mass is 32.2. The van der Waals surface area contributed by atoms with Crippen LogP contribution in [0.25, 0.3) is 0 Å². The fourth-order valence-electron chi connectivity index (χ4n) is 1.50. The second kappa shape index (κ2) is 8.59. The van der Waals surface area contributed by atoms with E-state index < -0.39 is 0 Å². The van der Waals surface area contributed by atoms with Gasteiger partial charge >= 0.3 is 0 Å². The Morgan fingerprint density at radius 2 is 1.74 bits per heavy atom. The molecule has 0 aliphatic rings. The largest absolute Gasteiger partial charge is 0.292 e. The summed E-state index contributed by atoms with van der Waals surface area (Å²) in [5.74, 6) is 3.86. The molecule has 1 aromatic heterocycles. The molecule has 0 aliphatic carbocycles. The second-order valence-electron chi connectivity index (χ2n) is 4.44. The van der Waals surface area contributed by atoms with E-state index in [1.807, 2.05) is 37.4 Å². The van der Waals surface area contributed by atoms with Crippen molar-refractivity contribution >= 4 is 29.3 Å². The van der Waals surface area contributed by atoms with Gasteiger partial charge in [-0.25, -0.2) is 4.98 Å². The van der Waals surface area contributed by atoms with Crippen LogP contribution >= 0.6 is 23.5 Å². The molecule has 0 amide bonds. The highest BCUT2D eigenvalue weighted by molar-refractivity contribution is 7.98.